The molecule has 0 spiro atoms. The molecule has 0 atom stereocenters. The van der Waals surface area contributed by atoms with Crippen molar-refractivity contribution in [1.82, 2.24) is 20.1 Å². The third kappa shape index (κ3) is 3.15. The Morgan fingerprint density at radius 1 is 1.38 bits per heavy atom. The molecule has 1 N–H and O–H groups in total. The summed E-state index contributed by atoms with van der Waals surface area (Å²) in [6.07, 6.45) is 5.87. The molecule has 0 aliphatic carbocycles. The molecule has 0 fully saturated rings. The molecule has 2 heterocycles. The number of nitrogens with one attached hydrogen (secondary N) is 1. The van der Waals surface area contributed by atoms with Crippen LogP contribution in [-0.4, -0.2) is 21.3 Å². The van der Waals surface area contributed by atoms with E-state index in [-0.39, 0.29) is 0 Å². The lowest BCUT2D eigenvalue weighted by molar-refractivity contribution is 0.556. The lowest BCUT2D eigenvalue weighted by atomic mass is 10.4. The Hall–Kier alpha value is -1.20. The van der Waals surface area contributed by atoms with Gasteiger partial charge in [0.25, 0.3) is 0 Å². The van der Waals surface area contributed by atoms with Crippen molar-refractivity contribution in [1.29, 1.82) is 0 Å². The summed E-state index contributed by atoms with van der Waals surface area (Å²) < 4.78 is 1.96. The van der Waals surface area contributed by atoms with Gasteiger partial charge in [-0.2, -0.15) is 5.10 Å². The Morgan fingerprint density at radius 2 is 2.25 bits per heavy atom. The minimum absolute atomic E-state index is 0.895. The van der Waals surface area contributed by atoms with Crippen molar-refractivity contribution in [3.8, 4) is 0 Å². The summed E-state index contributed by atoms with van der Waals surface area (Å²) in [5, 5.41) is 8.74. The Morgan fingerprint density at radius 3 is 2.88 bits per heavy atom. The molecule has 0 aromatic carbocycles. The summed E-state index contributed by atoms with van der Waals surface area (Å²) in [5.74, 6) is 0. The Kier molecular flexibility index (Phi) is 3.69. The minimum atomic E-state index is 0.895. The summed E-state index contributed by atoms with van der Waals surface area (Å²) in [6.45, 7) is 6.81. The van der Waals surface area contributed by atoms with E-state index in [9.17, 15) is 0 Å². The predicted octanol–water partition coefficient (Wildman–Crippen LogP) is 1.75. The van der Waals surface area contributed by atoms with Crippen LogP contribution >= 0.6 is 11.3 Å². The summed E-state index contributed by atoms with van der Waals surface area (Å²) in [7, 11) is 0. The number of aromatic nitrogens is 3. The molecule has 0 bridgehead atoms. The van der Waals surface area contributed by atoms with Crippen molar-refractivity contribution >= 4 is 11.3 Å². The lowest BCUT2D eigenvalue weighted by Gasteiger charge is -2.02. The summed E-state index contributed by atoms with van der Waals surface area (Å²) in [4.78, 5) is 5.50. The summed E-state index contributed by atoms with van der Waals surface area (Å²) >= 11 is 1.74. The van der Waals surface area contributed by atoms with Gasteiger partial charge in [-0.15, -0.1) is 11.3 Å². The molecule has 2 aromatic rings. The number of hydrogen-bond donors (Lipinski definition) is 1. The van der Waals surface area contributed by atoms with Crippen molar-refractivity contribution in [3.05, 3.63) is 34.0 Å². The average Bonchev–Trinajstić information content (AvgIpc) is 2.83. The zero-order chi connectivity index (χ0) is 11.4. The highest BCUT2D eigenvalue weighted by Crippen LogP contribution is 2.10. The van der Waals surface area contributed by atoms with E-state index in [2.05, 4.69) is 28.5 Å². The Labute approximate surface area is 99.3 Å². The maximum atomic E-state index is 4.23. The quantitative estimate of drug-likeness (QED) is 0.804. The Bertz CT molecular complexity index is 404. The van der Waals surface area contributed by atoms with Crippen LogP contribution in [-0.2, 0) is 13.1 Å². The van der Waals surface area contributed by atoms with Gasteiger partial charge in [0.15, 0.2) is 0 Å². The smallest absolute Gasteiger partial charge is 0.0897 e. The first-order chi connectivity index (χ1) is 7.74. The molecule has 5 heteroatoms. The molecule has 0 aliphatic heterocycles. The van der Waals surface area contributed by atoms with Gasteiger partial charge in [-0.25, -0.2) is 4.98 Å². The van der Waals surface area contributed by atoms with Gasteiger partial charge < -0.3 is 5.32 Å². The van der Waals surface area contributed by atoms with Gasteiger partial charge in [0.1, 0.15) is 0 Å². The molecule has 0 aliphatic rings. The van der Waals surface area contributed by atoms with Gasteiger partial charge >= 0.3 is 0 Å². The van der Waals surface area contributed by atoms with Crippen LogP contribution in [0.1, 0.15) is 15.4 Å². The highest BCUT2D eigenvalue weighted by atomic mass is 32.1. The molecule has 16 heavy (non-hydrogen) atoms. The maximum absolute atomic E-state index is 4.23. The molecule has 86 valence electrons. The third-order valence-electron chi connectivity index (χ3n) is 2.25. The monoisotopic (exact) mass is 236 g/mol. The average molecular weight is 236 g/mol. The van der Waals surface area contributed by atoms with Crippen molar-refractivity contribution in [2.24, 2.45) is 0 Å². The summed E-state index contributed by atoms with van der Waals surface area (Å²) in [5.41, 5.74) is 1.21. The van der Waals surface area contributed by atoms with E-state index < -0.39 is 0 Å². The second-order valence-electron chi connectivity index (χ2n) is 3.80. The molecule has 2 aromatic heterocycles. The molecule has 2 rings (SSSR count). The molecule has 4 nitrogen and oxygen atoms in total. The molecular formula is C11H16N4S. The van der Waals surface area contributed by atoms with Crippen LogP contribution in [0, 0.1) is 13.8 Å². The maximum Gasteiger partial charge on any atom is 0.0897 e. The largest absolute Gasteiger partial charge is 0.310 e. The molecule has 0 unspecified atom stereocenters. The van der Waals surface area contributed by atoms with Gasteiger partial charge in [0, 0.05) is 30.4 Å². The fraction of sp³-hybridized carbons (Fsp3) is 0.455. The van der Waals surface area contributed by atoms with Crippen molar-refractivity contribution in [2.45, 2.75) is 26.9 Å². The van der Waals surface area contributed by atoms with Gasteiger partial charge in [-0.1, -0.05) is 0 Å². The number of hydrogen-bond acceptors (Lipinski definition) is 4. The third-order valence-corrected chi connectivity index (χ3v) is 3.16. The number of thiazole rings is 1. The molecule has 0 saturated carbocycles. The van der Waals surface area contributed by atoms with Gasteiger partial charge in [0.2, 0.25) is 0 Å². The normalized spacial score (nSPS) is 10.9. The zero-order valence-electron chi connectivity index (χ0n) is 9.60. The van der Waals surface area contributed by atoms with Crippen LogP contribution in [0.3, 0.4) is 0 Å². The highest BCUT2D eigenvalue weighted by molar-refractivity contribution is 7.11. The fourth-order valence-corrected chi connectivity index (χ4v) is 2.25. The van der Waals surface area contributed by atoms with Gasteiger partial charge in [0.05, 0.1) is 17.7 Å². The van der Waals surface area contributed by atoms with E-state index in [1.807, 2.05) is 24.0 Å². The van der Waals surface area contributed by atoms with E-state index in [1.54, 1.807) is 11.3 Å². The van der Waals surface area contributed by atoms with Crippen LogP contribution in [0.25, 0.3) is 0 Å². The first-order valence-electron chi connectivity index (χ1n) is 5.35. The van der Waals surface area contributed by atoms with Gasteiger partial charge in [-0.3, -0.25) is 4.68 Å². The topological polar surface area (TPSA) is 42.7 Å². The number of rotatable bonds is 5. The van der Waals surface area contributed by atoms with E-state index in [1.165, 1.54) is 10.4 Å². The van der Waals surface area contributed by atoms with Gasteiger partial charge in [-0.05, 0) is 19.4 Å². The molecule has 0 radical (unpaired) electrons. The van der Waals surface area contributed by atoms with Crippen LogP contribution in [0.2, 0.25) is 0 Å². The lowest BCUT2D eigenvalue weighted by Crippen LogP contribution is -2.19. The first kappa shape index (κ1) is 11.3. The van der Waals surface area contributed by atoms with Crippen LogP contribution in [0.15, 0.2) is 18.6 Å². The standard InChI is InChI=1S/C11H16N4S/c1-9-5-14-15(8-9)4-3-12-6-11-7-13-10(2)16-11/h5,7-8,12H,3-4,6H2,1-2H3. The van der Waals surface area contributed by atoms with E-state index >= 15 is 0 Å². The van der Waals surface area contributed by atoms with Crippen LogP contribution in [0.4, 0.5) is 0 Å². The number of nitrogens with zero attached hydrogens (tertiary/aromatic N) is 3. The fourth-order valence-electron chi connectivity index (χ4n) is 1.48. The van der Waals surface area contributed by atoms with E-state index in [0.29, 0.717) is 0 Å². The van der Waals surface area contributed by atoms with Crippen LogP contribution < -0.4 is 5.32 Å². The Balaban J connectivity index is 1.69. The van der Waals surface area contributed by atoms with E-state index in [0.717, 1.165) is 24.6 Å². The predicted molar refractivity (Wildman–Crippen MR) is 65.5 cm³/mol. The first-order valence-corrected chi connectivity index (χ1v) is 6.17. The second-order valence-corrected chi connectivity index (χ2v) is 5.12. The molecule has 0 saturated heterocycles. The highest BCUT2D eigenvalue weighted by Gasteiger charge is 1.97. The summed E-state index contributed by atoms with van der Waals surface area (Å²) in [6, 6.07) is 0. The second kappa shape index (κ2) is 5.23. The SMILES string of the molecule is Cc1cnn(CCNCc2cnc(C)s2)c1. The molecular weight excluding hydrogens is 220 g/mol. The minimum Gasteiger partial charge on any atom is -0.310 e. The van der Waals surface area contributed by atoms with Crippen molar-refractivity contribution < 1.29 is 0 Å². The van der Waals surface area contributed by atoms with Crippen molar-refractivity contribution in [3.63, 3.8) is 0 Å². The molecule has 0 amide bonds. The van der Waals surface area contributed by atoms with Crippen molar-refractivity contribution in [2.75, 3.05) is 6.54 Å². The number of aryl methyl sites for hydroxylation is 2. The zero-order valence-corrected chi connectivity index (χ0v) is 10.4. The van der Waals surface area contributed by atoms with E-state index in [4.69, 9.17) is 0 Å². The van der Waals surface area contributed by atoms with Crippen LogP contribution in [0.5, 0.6) is 0 Å².